The number of thioether (sulfide) groups is 1. The van der Waals surface area contributed by atoms with E-state index in [0.717, 1.165) is 15.6 Å². The maximum atomic E-state index is 5.56. The Kier molecular flexibility index (Phi) is 4.55. The summed E-state index contributed by atoms with van der Waals surface area (Å²) in [6, 6.07) is 7.97. The first-order valence-corrected chi connectivity index (χ1v) is 8.79. The van der Waals surface area contributed by atoms with Crippen LogP contribution in [0.1, 0.15) is 11.4 Å². The van der Waals surface area contributed by atoms with Gasteiger partial charge in [-0.3, -0.25) is 0 Å². The van der Waals surface area contributed by atoms with Crippen molar-refractivity contribution >= 4 is 47.2 Å². The van der Waals surface area contributed by atoms with Crippen molar-refractivity contribution in [3.63, 3.8) is 0 Å². The molecule has 1 aromatic carbocycles. The Hall–Kier alpha value is -2.04. The third kappa shape index (κ3) is 3.66. The summed E-state index contributed by atoms with van der Waals surface area (Å²) in [5, 5.41) is 4.56. The summed E-state index contributed by atoms with van der Waals surface area (Å²) in [5.41, 5.74) is 13.2. The zero-order chi connectivity index (χ0) is 16.4. The highest BCUT2D eigenvalue weighted by atomic mass is 32.2. The standard InChI is InChI=1S/C13H13N7S3/c1-7-4-2-3-5-8(7)20-13(21)23-12(19-20)22-6-9-16-10(14)18-11(15)17-9/h2-5H,6H2,1H3,(H4,14,15,16,17,18). The van der Waals surface area contributed by atoms with E-state index in [1.165, 1.54) is 23.1 Å². The van der Waals surface area contributed by atoms with Crippen molar-refractivity contribution in [2.24, 2.45) is 0 Å². The lowest BCUT2D eigenvalue weighted by Crippen LogP contribution is -2.06. The highest BCUT2D eigenvalue weighted by Gasteiger charge is 2.10. The molecule has 0 aliphatic rings. The molecule has 0 atom stereocenters. The average molecular weight is 363 g/mol. The fraction of sp³-hybridized carbons (Fsp3) is 0.154. The molecule has 0 amide bonds. The van der Waals surface area contributed by atoms with Crippen LogP contribution in [0.5, 0.6) is 0 Å². The molecule has 23 heavy (non-hydrogen) atoms. The van der Waals surface area contributed by atoms with E-state index in [0.29, 0.717) is 15.5 Å². The molecule has 0 saturated heterocycles. The van der Waals surface area contributed by atoms with Gasteiger partial charge in [-0.25, -0.2) is 4.68 Å². The van der Waals surface area contributed by atoms with Crippen molar-refractivity contribution in [2.45, 2.75) is 17.0 Å². The highest BCUT2D eigenvalue weighted by Crippen LogP contribution is 2.27. The summed E-state index contributed by atoms with van der Waals surface area (Å²) in [7, 11) is 0. The quantitative estimate of drug-likeness (QED) is 0.538. The normalized spacial score (nSPS) is 10.8. The molecule has 2 heterocycles. The predicted molar refractivity (Wildman–Crippen MR) is 95.2 cm³/mol. The van der Waals surface area contributed by atoms with Crippen molar-refractivity contribution in [3.8, 4) is 5.69 Å². The van der Waals surface area contributed by atoms with Crippen LogP contribution in [-0.2, 0) is 5.75 Å². The van der Waals surface area contributed by atoms with Gasteiger partial charge in [0.1, 0.15) is 5.82 Å². The van der Waals surface area contributed by atoms with Crippen molar-refractivity contribution < 1.29 is 0 Å². The third-order valence-corrected chi connectivity index (χ3v) is 5.28. The van der Waals surface area contributed by atoms with Crippen LogP contribution >= 0.6 is 35.3 Å². The number of aromatic nitrogens is 5. The van der Waals surface area contributed by atoms with E-state index in [4.69, 9.17) is 23.7 Å². The van der Waals surface area contributed by atoms with E-state index in [2.05, 4.69) is 20.1 Å². The summed E-state index contributed by atoms with van der Waals surface area (Å²) < 4.78 is 3.29. The van der Waals surface area contributed by atoms with E-state index in [-0.39, 0.29) is 11.9 Å². The minimum atomic E-state index is 0.117. The monoisotopic (exact) mass is 363 g/mol. The molecule has 0 unspecified atom stereocenters. The number of benzene rings is 1. The van der Waals surface area contributed by atoms with Gasteiger partial charge in [0.05, 0.1) is 11.4 Å². The van der Waals surface area contributed by atoms with Gasteiger partial charge in [-0.2, -0.15) is 15.0 Å². The minimum Gasteiger partial charge on any atom is -0.368 e. The predicted octanol–water partition coefficient (Wildman–Crippen LogP) is 2.61. The second-order valence-electron chi connectivity index (χ2n) is 4.59. The van der Waals surface area contributed by atoms with Gasteiger partial charge in [-0.05, 0) is 30.8 Å². The number of nitrogens with zero attached hydrogens (tertiary/aromatic N) is 5. The van der Waals surface area contributed by atoms with Crippen LogP contribution in [-0.4, -0.2) is 24.7 Å². The SMILES string of the molecule is Cc1ccccc1-n1nc(SCc2nc(N)nc(N)n2)sc1=S. The van der Waals surface area contributed by atoms with E-state index >= 15 is 0 Å². The molecule has 10 heteroatoms. The van der Waals surface area contributed by atoms with Crippen LogP contribution in [0.2, 0.25) is 0 Å². The highest BCUT2D eigenvalue weighted by molar-refractivity contribution is 8.00. The van der Waals surface area contributed by atoms with Crippen LogP contribution < -0.4 is 11.5 Å². The molecule has 7 nitrogen and oxygen atoms in total. The second-order valence-corrected chi connectivity index (χ2v) is 7.43. The van der Waals surface area contributed by atoms with Crippen molar-refractivity contribution in [1.82, 2.24) is 24.7 Å². The molecule has 4 N–H and O–H groups in total. The summed E-state index contributed by atoms with van der Waals surface area (Å²) in [5.74, 6) is 1.24. The molecule has 0 bridgehead atoms. The lowest BCUT2D eigenvalue weighted by Gasteiger charge is -2.04. The fourth-order valence-electron chi connectivity index (χ4n) is 1.92. The zero-order valence-electron chi connectivity index (χ0n) is 12.1. The van der Waals surface area contributed by atoms with Gasteiger partial charge < -0.3 is 11.5 Å². The van der Waals surface area contributed by atoms with Gasteiger partial charge in [-0.1, -0.05) is 41.3 Å². The molecule has 118 valence electrons. The molecule has 0 radical (unpaired) electrons. The maximum absolute atomic E-state index is 5.56. The molecule has 0 fully saturated rings. The molecule has 0 saturated carbocycles. The van der Waals surface area contributed by atoms with Crippen molar-refractivity contribution in [2.75, 3.05) is 11.5 Å². The van der Waals surface area contributed by atoms with Gasteiger partial charge in [-0.15, -0.1) is 5.10 Å². The molecule has 2 aromatic heterocycles. The zero-order valence-corrected chi connectivity index (χ0v) is 14.6. The Balaban J connectivity index is 1.82. The summed E-state index contributed by atoms with van der Waals surface area (Å²) in [6.45, 7) is 2.03. The van der Waals surface area contributed by atoms with Crippen LogP contribution in [0.15, 0.2) is 28.6 Å². The van der Waals surface area contributed by atoms with E-state index in [9.17, 15) is 0 Å². The van der Waals surface area contributed by atoms with Crippen LogP contribution in [0.4, 0.5) is 11.9 Å². The number of aryl methyl sites for hydroxylation is 1. The molecular formula is C13H13N7S3. The van der Waals surface area contributed by atoms with Gasteiger partial charge in [0.25, 0.3) is 0 Å². The number of hydrogen-bond donors (Lipinski definition) is 2. The maximum Gasteiger partial charge on any atom is 0.225 e. The molecular weight excluding hydrogens is 350 g/mol. The Morgan fingerprint density at radius 3 is 2.57 bits per heavy atom. The second kappa shape index (κ2) is 6.60. The average Bonchev–Trinajstić information content (AvgIpc) is 2.86. The number of nitrogen functional groups attached to an aromatic ring is 2. The van der Waals surface area contributed by atoms with Gasteiger partial charge >= 0.3 is 0 Å². The smallest absolute Gasteiger partial charge is 0.225 e. The first kappa shape index (κ1) is 15.8. The van der Waals surface area contributed by atoms with E-state index in [1.807, 2.05) is 31.2 Å². The van der Waals surface area contributed by atoms with Gasteiger partial charge in [0.2, 0.25) is 11.9 Å². The number of hydrogen-bond acceptors (Lipinski definition) is 9. The minimum absolute atomic E-state index is 0.117. The van der Waals surface area contributed by atoms with Gasteiger partial charge in [0.15, 0.2) is 8.29 Å². The summed E-state index contributed by atoms with van der Waals surface area (Å²) in [6.07, 6.45) is 0. The van der Waals surface area contributed by atoms with Crippen molar-refractivity contribution in [3.05, 3.63) is 39.6 Å². The molecule has 3 rings (SSSR count). The van der Waals surface area contributed by atoms with E-state index < -0.39 is 0 Å². The van der Waals surface area contributed by atoms with Crippen molar-refractivity contribution in [1.29, 1.82) is 0 Å². The lowest BCUT2D eigenvalue weighted by molar-refractivity contribution is 0.823. The number of rotatable bonds is 4. The number of para-hydroxylation sites is 1. The Labute approximate surface area is 145 Å². The first-order valence-electron chi connectivity index (χ1n) is 6.58. The first-order chi connectivity index (χ1) is 11.0. The number of nitrogens with two attached hydrogens (primary N) is 2. The molecule has 0 aliphatic heterocycles. The largest absolute Gasteiger partial charge is 0.368 e. The van der Waals surface area contributed by atoms with Gasteiger partial charge in [0, 0.05) is 0 Å². The lowest BCUT2D eigenvalue weighted by atomic mass is 10.2. The molecule has 3 aromatic rings. The summed E-state index contributed by atoms with van der Waals surface area (Å²) in [4.78, 5) is 11.8. The Bertz CT molecular complexity index is 882. The Morgan fingerprint density at radius 2 is 1.87 bits per heavy atom. The number of anilines is 2. The van der Waals surface area contributed by atoms with Crippen LogP contribution in [0.3, 0.4) is 0 Å². The molecule has 0 spiro atoms. The van der Waals surface area contributed by atoms with Crippen LogP contribution in [0, 0.1) is 10.9 Å². The third-order valence-electron chi connectivity index (χ3n) is 2.91. The van der Waals surface area contributed by atoms with E-state index in [1.54, 1.807) is 4.68 Å². The summed E-state index contributed by atoms with van der Waals surface area (Å²) >= 11 is 8.34. The fourth-order valence-corrected chi connectivity index (χ4v) is 4.12. The van der Waals surface area contributed by atoms with Crippen LogP contribution in [0.25, 0.3) is 5.69 Å². The molecule has 0 aliphatic carbocycles. The Morgan fingerprint density at radius 1 is 1.17 bits per heavy atom. The topological polar surface area (TPSA) is 109 Å².